The van der Waals surface area contributed by atoms with Gasteiger partial charge in [-0.05, 0) is 24.6 Å². The van der Waals surface area contributed by atoms with Crippen LogP contribution in [0.5, 0.6) is 0 Å². The molecule has 0 unspecified atom stereocenters. The van der Waals surface area contributed by atoms with Gasteiger partial charge in [-0.1, -0.05) is 48.0 Å². The SMILES string of the molecule is CC1(CC(=O)N/N=C/c2cn(Cc3ccccc3Cl)c3ccccc23)SCCS1. The van der Waals surface area contributed by atoms with Crippen LogP contribution in [0.25, 0.3) is 10.9 Å². The number of hydrogen-bond donors (Lipinski definition) is 1. The van der Waals surface area contributed by atoms with Gasteiger partial charge in [0.1, 0.15) is 0 Å². The van der Waals surface area contributed by atoms with Crippen LogP contribution in [0.2, 0.25) is 5.02 Å². The fraction of sp³-hybridized carbons (Fsp3) is 0.273. The minimum Gasteiger partial charge on any atom is -0.342 e. The van der Waals surface area contributed by atoms with Gasteiger partial charge in [0.15, 0.2) is 0 Å². The zero-order chi connectivity index (χ0) is 20.3. The molecule has 0 radical (unpaired) electrons. The van der Waals surface area contributed by atoms with Crippen molar-refractivity contribution in [2.45, 2.75) is 24.0 Å². The molecule has 1 fully saturated rings. The Bertz CT molecular complexity index is 1060. The van der Waals surface area contributed by atoms with Gasteiger partial charge in [-0.2, -0.15) is 5.10 Å². The van der Waals surface area contributed by atoms with Gasteiger partial charge in [0.05, 0.1) is 16.7 Å². The Kier molecular flexibility index (Phi) is 6.23. The van der Waals surface area contributed by atoms with Crippen molar-refractivity contribution < 1.29 is 4.79 Å². The number of carbonyl (C=O) groups excluding carboxylic acids is 1. The number of halogens is 1. The lowest BCUT2D eigenvalue weighted by molar-refractivity contribution is -0.121. The number of thioether (sulfide) groups is 2. The Balaban J connectivity index is 1.51. The molecule has 0 aliphatic carbocycles. The van der Waals surface area contributed by atoms with Crippen LogP contribution in [0.1, 0.15) is 24.5 Å². The molecule has 0 bridgehead atoms. The molecule has 29 heavy (non-hydrogen) atoms. The number of benzene rings is 2. The molecule has 2 aromatic carbocycles. The molecule has 1 aliphatic heterocycles. The number of fused-ring (bicyclic) bond motifs is 1. The summed E-state index contributed by atoms with van der Waals surface area (Å²) in [4.78, 5) is 12.3. The molecule has 1 N–H and O–H groups in total. The lowest BCUT2D eigenvalue weighted by Crippen LogP contribution is -2.26. The third kappa shape index (κ3) is 4.82. The Morgan fingerprint density at radius 3 is 2.72 bits per heavy atom. The summed E-state index contributed by atoms with van der Waals surface area (Å²) in [6, 6.07) is 16.0. The van der Waals surface area contributed by atoms with E-state index in [9.17, 15) is 4.79 Å². The van der Waals surface area contributed by atoms with Gasteiger partial charge >= 0.3 is 0 Å². The molecule has 7 heteroatoms. The third-order valence-corrected chi connectivity index (χ3v) is 8.55. The zero-order valence-electron chi connectivity index (χ0n) is 16.1. The minimum absolute atomic E-state index is 0.0371. The molecule has 150 valence electrons. The second-order valence-electron chi connectivity index (χ2n) is 7.12. The van der Waals surface area contributed by atoms with Gasteiger partial charge in [-0.3, -0.25) is 4.79 Å². The molecule has 1 saturated heterocycles. The first kappa shape index (κ1) is 20.4. The zero-order valence-corrected chi connectivity index (χ0v) is 18.5. The second-order valence-corrected chi connectivity index (χ2v) is 11.0. The van der Waals surface area contributed by atoms with E-state index < -0.39 is 0 Å². The van der Waals surface area contributed by atoms with Crippen molar-refractivity contribution in [3.63, 3.8) is 0 Å². The van der Waals surface area contributed by atoms with E-state index in [0.717, 1.165) is 38.6 Å². The monoisotopic (exact) mass is 443 g/mol. The molecule has 0 atom stereocenters. The van der Waals surface area contributed by atoms with E-state index in [1.165, 1.54) is 0 Å². The fourth-order valence-electron chi connectivity index (χ4n) is 3.48. The summed E-state index contributed by atoms with van der Waals surface area (Å²) < 4.78 is 2.12. The molecule has 0 saturated carbocycles. The highest BCUT2D eigenvalue weighted by molar-refractivity contribution is 8.21. The summed E-state index contributed by atoms with van der Waals surface area (Å²) in [5.41, 5.74) is 5.82. The van der Waals surface area contributed by atoms with Gasteiger partial charge in [-0.15, -0.1) is 23.5 Å². The van der Waals surface area contributed by atoms with Crippen LogP contribution in [0.4, 0.5) is 0 Å². The second kappa shape index (κ2) is 8.86. The highest BCUT2D eigenvalue weighted by Gasteiger charge is 2.32. The van der Waals surface area contributed by atoms with Crippen molar-refractivity contribution in [1.82, 2.24) is 9.99 Å². The van der Waals surface area contributed by atoms with Crippen LogP contribution < -0.4 is 5.43 Å². The highest BCUT2D eigenvalue weighted by atomic mass is 35.5. The number of hydrogen-bond acceptors (Lipinski definition) is 4. The van der Waals surface area contributed by atoms with Crippen LogP contribution in [0.15, 0.2) is 59.8 Å². The predicted octanol–water partition coefficient (Wildman–Crippen LogP) is 5.38. The van der Waals surface area contributed by atoms with Gasteiger partial charge in [0.2, 0.25) is 5.91 Å². The van der Waals surface area contributed by atoms with Gasteiger partial charge in [-0.25, -0.2) is 5.43 Å². The average Bonchev–Trinajstić information content (AvgIpc) is 3.28. The first-order chi connectivity index (χ1) is 14.0. The summed E-state index contributed by atoms with van der Waals surface area (Å²) in [5, 5.41) is 6.06. The van der Waals surface area contributed by atoms with E-state index in [0.29, 0.717) is 13.0 Å². The summed E-state index contributed by atoms with van der Waals surface area (Å²) in [5.74, 6) is 2.15. The van der Waals surface area contributed by atoms with E-state index in [1.807, 2.05) is 66.1 Å². The van der Waals surface area contributed by atoms with E-state index in [-0.39, 0.29) is 9.99 Å². The van der Waals surface area contributed by atoms with Crippen molar-refractivity contribution in [1.29, 1.82) is 0 Å². The Morgan fingerprint density at radius 1 is 1.21 bits per heavy atom. The number of hydrazone groups is 1. The molecule has 4 rings (SSSR count). The Morgan fingerprint density at radius 2 is 1.93 bits per heavy atom. The molecule has 1 aromatic heterocycles. The number of aromatic nitrogens is 1. The number of amides is 1. The van der Waals surface area contributed by atoms with Gasteiger partial charge in [0.25, 0.3) is 0 Å². The summed E-state index contributed by atoms with van der Waals surface area (Å²) >= 11 is 10.0. The molecule has 0 spiro atoms. The average molecular weight is 444 g/mol. The summed E-state index contributed by atoms with van der Waals surface area (Å²) in [6.45, 7) is 2.80. The van der Waals surface area contributed by atoms with Gasteiger partial charge < -0.3 is 4.57 Å². The van der Waals surface area contributed by atoms with Crippen LogP contribution in [0, 0.1) is 0 Å². The molecule has 4 nitrogen and oxygen atoms in total. The topological polar surface area (TPSA) is 46.4 Å². The quantitative estimate of drug-likeness (QED) is 0.411. The lowest BCUT2D eigenvalue weighted by Gasteiger charge is -2.19. The van der Waals surface area contributed by atoms with Crippen LogP contribution in [0.3, 0.4) is 0 Å². The number of nitrogens with zero attached hydrogens (tertiary/aromatic N) is 2. The summed E-state index contributed by atoms with van der Waals surface area (Å²) in [7, 11) is 0. The molecular formula is C22H22ClN3OS2. The predicted molar refractivity (Wildman–Crippen MR) is 126 cm³/mol. The van der Waals surface area contributed by atoms with E-state index >= 15 is 0 Å². The maximum Gasteiger partial charge on any atom is 0.242 e. The van der Waals surface area contributed by atoms with Crippen molar-refractivity contribution in [2.75, 3.05) is 11.5 Å². The summed E-state index contributed by atoms with van der Waals surface area (Å²) in [6.07, 6.45) is 4.24. The maximum absolute atomic E-state index is 12.3. The van der Waals surface area contributed by atoms with Crippen molar-refractivity contribution in [3.8, 4) is 0 Å². The first-order valence-corrected chi connectivity index (χ1v) is 11.8. The van der Waals surface area contributed by atoms with Crippen molar-refractivity contribution in [3.05, 3.63) is 70.9 Å². The van der Waals surface area contributed by atoms with E-state index in [4.69, 9.17) is 11.6 Å². The van der Waals surface area contributed by atoms with E-state index in [2.05, 4.69) is 34.2 Å². The number of para-hydroxylation sites is 1. The smallest absolute Gasteiger partial charge is 0.242 e. The molecule has 1 aliphatic rings. The van der Waals surface area contributed by atoms with Crippen LogP contribution >= 0.6 is 35.1 Å². The number of carbonyl (C=O) groups is 1. The van der Waals surface area contributed by atoms with Crippen molar-refractivity contribution >= 4 is 58.1 Å². The lowest BCUT2D eigenvalue weighted by atomic mass is 10.2. The highest BCUT2D eigenvalue weighted by Crippen LogP contribution is 2.45. The molecular weight excluding hydrogens is 422 g/mol. The minimum atomic E-state index is -0.0505. The largest absolute Gasteiger partial charge is 0.342 e. The van der Waals surface area contributed by atoms with Crippen LogP contribution in [-0.4, -0.2) is 32.3 Å². The first-order valence-electron chi connectivity index (χ1n) is 9.45. The fourth-order valence-corrected chi connectivity index (χ4v) is 6.51. The number of nitrogens with one attached hydrogen (secondary N) is 1. The molecule has 2 heterocycles. The Labute approximate surface area is 184 Å². The van der Waals surface area contributed by atoms with Crippen LogP contribution in [-0.2, 0) is 11.3 Å². The molecule has 1 amide bonds. The maximum atomic E-state index is 12.3. The normalized spacial score (nSPS) is 15.9. The number of rotatable bonds is 6. The standard InChI is InChI=1S/C22H22ClN3OS2/c1-22(28-10-11-29-22)12-21(27)25-24-13-17-15-26(20-9-5-3-7-18(17)20)14-16-6-2-4-8-19(16)23/h2-9,13,15H,10-12,14H2,1H3,(H,25,27)/b24-13+. The molecule has 3 aromatic rings. The van der Waals surface area contributed by atoms with Crippen molar-refractivity contribution in [2.24, 2.45) is 5.10 Å². The van der Waals surface area contributed by atoms with E-state index in [1.54, 1.807) is 6.21 Å². The van der Waals surface area contributed by atoms with Gasteiger partial charge in [0, 0.05) is 45.7 Å². The third-order valence-electron chi connectivity index (χ3n) is 4.89. The Hall–Kier alpha value is -1.89.